The summed E-state index contributed by atoms with van der Waals surface area (Å²) in [5.74, 6) is 0.128. The molecule has 3 N–H and O–H groups in total. The van der Waals surface area contributed by atoms with Crippen molar-refractivity contribution in [2.45, 2.75) is 19.8 Å². The molecule has 0 aliphatic rings. The van der Waals surface area contributed by atoms with E-state index in [4.69, 9.17) is 5.73 Å². The van der Waals surface area contributed by atoms with Crippen LogP contribution in [-0.4, -0.2) is 10.9 Å². The molecule has 0 saturated heterocycles. The smallest absolute Gasteiger partial charge is 0.267 e. The minimum absolute atomic E-state index is 0.201. The molecule has 2 aromatic carbocycles. The second-order valence-electron chi connectivity index (χ2n) is 6.57. The van der Waals surface area contributed by atoms with Crippen molar-refractivity contribution in [1.82, 2.24) is 4.98 Å². The number of fused-ring (bicyclic) bond motifs is 2. The van der Waals surface area contributed by atoms with E-state index in [0.717, 1.165) is 32.4 Å². The normalized spacial score (nSPS) is 11.3. The lowest BCUT2D eigenvalue weighted by molar-refractivity contribution is 0.103. The molecule has 0 spiro atoms. The highest BCUT2D eigenvalue weighted by Gasteiger charge is 2.18. The van der Waals surface area contributed by atoms with Crippen molar-refractivity contribution >= 4 is 49.6 Å². The Morgan fingerprint density at radius 1 is 1.04 bits per heavy atom. The summed E-state index contributed by atoms with van der Waals surface area (Å²) in [5.41, 5.74) is 8.51. The van der Waals surface area contributed by atoms with Crippen LogP contribution in [0.5, 0.6) is 0 Å². The SMILES string of the molecule is CC(C)c1ccc2c(N)c(C(=O)Nc3cccc4ccccc34)sc2n1. The molecule has 0 aliphatic heterocycles. The van der Waals surface area contributed by atoms with Crippen LogP contribution in [0.2, 0.25) is 0 Å². The van der Waals surface area contributed by atoms with Crippen molar-refractivity contribution < 1.29 is 4.79 Å². The number of nitrogens with one attached hydrogen (secondary N) is 1. The zero-order valence-corrected chi connectivity index (χ0v) is 15.4. The topological polar surface area (TPSA) is 68.0 Å². The van der Waals surface area contributed by atoms with Crippen LogP contribution in [0.15, 0.2) is 54.6 Å². The van der Waals surface area contributed by atoms with Crippen molar-refractivity contribution in [3.63, 3.8) is 0 Å². The predicted molar refractivity (Wildman–Crippen MR) is 110 cm³/mol. The van der Waals surface area contributed by atoms with Gasteiger partial charge in [0.1, 0.15) is 9.71 Å². The molecule has 0 saturated carbocycles. The summed E-state index contributed by atoms with van der Waals surface area (Å²) in [4.78, 5) is 18.8. The minimum Gasteiger partial charge on any atom is -0.397 e. The van der Waals surface area contributed by atoms with Crippen LogP contribution in [0.1, 0.15) is 35.1 Å². The highest BCUT2D eigenvalue weighted by molar-refractivity contribution is 7.21. The number of nitrogens with two attached hydrogens (primary N) is 1. The number of anilines is 2. The summed E-state index contributed by atoms with van der Waals surface area (Å²) in [6.07, 6.45) is 0. The van der Waals surface area contributed by atoms with Gasteiger partial charge < -0.3 is 11.1 Å². The molecular weight excluding hydrogens is 342 g/mol. The highest BCUT2D eigenvalue weighted by Crippen LogP contribution is 2.34. The first kappa shape index (κ1) is 16.5. The molecule has 0 atom stereocenters. The number of carbonyl (C=O) groups is 1. The number of aromatic nitrogens is 1. The third-order valence-electron chi connectivity index (χ3n) is 4.45. The van der Waals surface area contributed by atoms with Crippen LogP contribution in [0.25, 0.3) is 21.0 Å². The largest absolute Gasteiger partial charge is 0.397 e. The van der Waals surface area contributed by atoms with E-state index in [2.05, 4.69) is 24.1 Å². The van der Waals surface area contributed by atoms with Crippen molar-refractivity contribution in [3.05, 3.63) is 65.2 Å². The number of hydrogen-bond donors (Lipinski definition) is 2. The average Bonchev–Trinajstić information content (AvgIpc) is 2.98. The van der Waals surface area contributed by atoms with Gasteiger partial charge in [-0.25, -0.2) is 4.98 Å². The van der Waals surface area contributed by atoms with Gasteiger partial charge in [-0.2, -0.15) is 0 Å². The maximum absolute atomic E-state index is 12.9. The number of thiophene rings is 1. The maximum Gasteiger partial charge on any atom is 0.267 e. The first-order chi connectivity index (χ1) is 12.5. The fourth-order valence-corrected chi connectivity index (χ4v) is 4.01. The lowest BCUT2D eigenvalue weighted by Crippen LogP contribution is -2.12. The van der Waals surface area contributed by atoms with E-state index in [1.165, 1.54) is 11.3 Å². The third-order valence-corrected chi connectivity index (χ3v) is 5.56. The number of carbonyl (C=O) groups excluding carboxylic acids is 1. The van der Waals surface area contributed by atoms with Gasteiger partial charge in [-0.15, -0.1) is 11.3 Å². The van der Waals surface area contributed by atoms with Crippen molar-refractivity contribution in [3.8, 4) is 0 Å². The van der Waals surface area contributed by atoms with Crippen LogP contribution in [0.4, 0.5) is 11.4 Å². The number of pyridine rings is 1. The molecule has 5 heteroatoms. The summed E-state index contributed by atoms with van der Waals surface area (Å²) in [6, 6.07) is 17.8. The molecule has 2 heterocycles. The Hall–Kier alpha value is -2.92. The van der Waals surface area contributed by atoms with Crippen LogP contribution in [0.3, 0.4) is 0 Å². The standard InChI is InChI=1S/C21H19N3OS/c1-12(2)16-11-10-15-18(22)19(26-21(15)24-16)20(25)23-17-9-5-7-13-6-3-4-8-14(13)17/h3-12H,22H2,1-2H3,(H,23,25). The zero-order chi connectivity index (χ0) is 18.3. The predicted octanol–water partition coefficient (Wildman–Crippen LogP) is 5.41. The van der Waals surface area contributed by atoms with E-state index >= 15 is 0 Å². The molecule has 4 aromatic rings. The van der Waals surface area contributed by atoms with Gasteiger partial charge in [0.05, 0.1) is 5.69 Å². The van der Waals surface area contributed by atoms with Crippen molar-refractivity contribution in [2.24, 2.45) is 0 Å². The Morgan fingerprint density at radius 3 is 2.62 bits per heavy atom. The van der Waals surface area contributed by atoms with Crippen molar-refractivity contribution in [2.75, 3.05) is 11.1 Å². The van der Waals surface area contributed by atoms with E-state index < -0.39 is 0 Å². The number of nitrogens with zero attached hydrogens (tertiary/aromatic N) is 1. The van der Waals surface area contributed by atoms with E-state index in [-0.39, 0.29) is 5.91 Å². The number of benzene rings is 2. The average molecular weight is 361 g/mol. The maximum atomic E-state index is 12.9. The molecule has 2 aromatic heterocycles. The number of amides is 1. The third kappa shape index (κ3) is 2.80. The summed E-state index contributed by atoms with van der Waals surface area (Å²) in [5, 5.41) is 5.92. The van der Waals surface area contributed by atoms with Gasteiger partial charge >= 0.3 is 0 Å². The Labute approximate surface area is 155 Å². The molecule has 4 rings (SSSR count). The Kier molecular flexibility index (Phi) is 4.09. The second kappa shape index (κ2) is 6.42. The molecule has 0 bridgehead atoms. The number of hydrogen-bond acceptors (Lipinski definition) is 4. The summed E-state index contributed by atoms with van der Waals surface area (Å²) >= 11 is 1.34. The Bertz CT molecular complexity index is 1130. The summed E-state index contributed by atoms with van der Waals surface area (Å²) in [6.45, 7) is 4.19. The number of rotatable bonds is 3. The molecule has 26 heavy (non-hydrogen) atoms. The second-order valence-corrected chi connectivity index (χ2v) is 7.57. The van der Waals surface area contributed by atoms with Gasteiger partial charge in [-0.05, 0) is 29.5 Å². The monoisotopic (exact) mass is 361 g/mol. The van der Waals surface area contributed by atoms with E-state index in [9.17, 15) is 4.79 Å². The molecule has 0 radical (unpaired) electrons. The molecule has 0 unspecified atom stereocenters. The quantitative estimate of drug-likeness (QED) is 0.513. The summed E-state index contributed by atoms with van der Waals surface area (Å²) < 4.78 is 0. The van der Waals surface area contributed by atoms with Gasteiger partial charge in [0.2, 0.25) is 0 Å². The van der Waals surface area contributed by atoms with Gasteiger partial charge in [0, 0.05) is 22.2 Å². The highest BCUT2D eigenvalue weighted by atomic mass is 32.1. The molecule has 0 aliphatic carbocycles. The first-order valence-electron chi connectivity index (χ1n) is 8.52. The van der Waals surface area contributed by atoms with E-state index in [1.807, 2.05) is 54.6 Å². The summed E-state index contributed by atoms with van der Waals surface area (Å²) in [7, 11) is 0. The molecule has 130 valence electrons. The van der Waals surface area contributed by atoms with Gasteiger partial charge in [0.25, 0.3) is 5.91 Å². The van der Waals surface area contributed by atoms with Gasteiger partial charge in [-0.3, -0.25) is 4.79 Å². The van der Waals surface area contributed by atoms with E-state index in [0.29, 0.717) is 16.5 Å². The van der Waals surface area contributed by atoms with Crippen LogP contribution in [0, 0.1) is 0 Å². The van der Waals surface area contributed by atoms with Gasteiger partial charge in [0.15, 0.2) is 0 Å². The van der Waals surface area contributed by atoms with Crippen LogP contribution >= 0.6 is 11.3 Å². The van der Waals surface area contributed by atoms with Crippen molar-refractivity contribution in [1.29, 1.82) is 0 Å². The molecular formula is C21H19N3OS. The van der Waals surface area contributed by atoms with E-state index in [1.54, 1.807) is 0 Å². The molecule has 4 nitrogen and oxygen atoms in total. The number of nitrogen functional groups attached to an aromatic ring is 1. The van der Waals surface area contributed by atoms with Crippen LogP contribution < -0.4 is 11.1 Å². The minimum atomic E-state index is -0.201. The van der Waals surface area contributed by atoms with Crippen LogP contribution in [-0.2, 0) is 0 Å². The van der Waals surface area contributed by atoms with Gasteiger partial charge in [-0.1, -0.05) is 50.2 Å². The lowest BCUT2D eigenvalue weighted by atomic mass is 10.1. The lowest BCUT2D eigenvalue weighted by Gasteiger charge is -2.08. The molecule has 0 fully saturated rings. The molecule has 1 amide bonds. The Balaban J connectivity index is 1.73. The fourth-order valence-electron chi connectivity index (χ4n) is 3.02. The fraction of sp³-hybridized carbons (Fsp3) is 0.143. The Morgan fingerprint density at radius 2 is 1.81 bits per heavy atom. The first-order valence-corrected chi connectivity index (χ1v) is 9.34. The zero-order valence-electron chi connectivity index (χ0n) is 14.6.